The molecule has 3 rings (SSSR count). The highest BCUT2D eigenvalue weighted by Gasteiger charge is 2.15. The Kier molecular flexibility index (Phi) is 3.39. The van der Waals surface area contributed by atoms with Gasteiger partial charge >= 0.3 is 0 Å². The Balaban J connectivity index is 1.86. The SMILES string of the molecule is Cc1cc(C(=O)N(C)Cc2ccccc2)nc2ccnn12. The normalized spacial score (nSPS) is 10.8. The fourth-order valence-corrected chi connectivity index (χ4v) is 2.30. The number of hydrogen-bond donors (Lipinski definition) is 0. The molecule has 2 heterocycles. The molecule has 0 unspecified atom stereocenters. The fourth-order valence-electron chi connectivity index (χ4n) is 2.30. The number of benzene rings is 1. The Hall–Kier alpha value is -2.69. The minimum absolute atomic E-state index is 0.0920. The number of fused-ring (bicyclic) bond motifs is 1. The minimum Gasteiger partial charge on any atom is -0.336 e. The zero-order valence-corrected chi connectivity index (χ0v) is 12.0. The highest BCUT2D eigenvalue weighted by Crippen LogP contribution is 2.10. The van der Waals surface area contributed by atoms with E-state index in [0.717, 1.165) is 11.3 Å². The molecule has 0 aliphatic rings. The maximum absolute atomic E-state index is 12.5. The van der Waals surface area contributed by atoms with Crippen molar-refractivity contribution in [3.63, 3.8) is 0 Å². The third-order valence-corrected chi connectivity index (χ3v) is 3.37. The molecule has 0 atom stereocenters. The molecule has 0 saturated heterocycles. The van der Waals surface area contributed by atoms with Crippen LogP contribution in [-0.4, -0.2) is 32.5 Å². The van der Waals surface area contributed by atoms with Crippen LogP contribution in [0.1, 0.15) is 21.7 Å². The van der Waals surface area contributed by atoms with E-state index in [2.05, 4.69) is 10.1 Å². The van der Waals surface area contributed by atoms with E-state index < -0.39 is 0 Å². The molecule has 0 fully saturated rings. The van der Waals surface area contributed by atoms with Gasteiger partial charge in [-0.1, -0.05) is 30.3 Å². The monoisotopic (exact) mass is 280 g/mol. The number of hydrogen-bond acceptors (Lipinski definition) is 3. The number of carbonyl (C=O) groups is 1. The van der Waals surface area contributed by atoms with Gasteiger partial charge in [-0.2, -0.15) is 5.10 Å². The van der Waals surface area contributed by atoms with Crippen LogP contribution in [-0.2, 0) is 6.54 Å². The molecule has 0 N–H and O–H groups in total. The third kappa shape index (κ3) is 2.63. The van der Waals surface area contributed by atoms with Crippen molar-refractivity contribution in [3.8, 4) is 0 Å². The molecular formula is C16H16N4O. The lowest BCUT2D eigenvalue weighted by molar-refractivity contribution is 0.0779. The first-order chi connectivity index (χ1) is 10.1. The van der Waals surface area contributed by atoms with Gasteiger partial charge in [0.05, 0.1) is 6.20 Å². The summed E-state index contributed by atoms with van der Waals surface area (Å²) < 4.78 is 1.72. The van der Waals surface area contributed by atoms with Gasteiger partial charge in [0.1, 0.15) is 5.69 Å². The van der Waals surface area contributed by atoms with Crippen LogP contribution in [0, 0.1) is 6.92 Å². The van der Waals surface area contributed by atoms with Crippen LogP contribution in [0.4, 0.5) is 0 Å². The van der Waals surface area contributed by atoms with Crippen LogP contribution in [0.25, 0.3) is 5.65 Å². The fraction of sp³-hybridized carbons (Fsp3) is 0.188. The van der Waals surface area contributed by atoms with E-state index in [1.54, 1.807) is 34.8 Å². The zero-order valence-electron chi connectivity index (χ0n) is 12.0. The summed E-state index contributed by atoms with van der Waals surface area (Å²) in [5.74, 6) is -0.0920. The Labute approximate surface area is 122 Å². The van der Waals surface area contributed by atoms with Gasteiger partial charge in [0.15, 0.2) is 5.65 Å². The molecule has 0 aliphatic carbocycles. The highest BCUT2D eigenvalue weighted by molar-refractivity contribution is 5.92. The van der Waals surface area contributed by atoms with Crippen LogP contribution in [0.5, 0.6) is 0 Å². The second-order valence-corrected chi connectivity index (χ2v) is 5.03. The molecule has 5 nitrogen and oxygen atoms in total. The quantitative estimate of drug-likeness (QED) is 0.739. The lowest BCUT2D eigenvalue weighted by atomic mass is 10.2. The molecule has 0 spiro atoms. The van der Waals surface area contributed by atoms with Gasteiger partial charge in [-0.3, -0.25) is 4.79 Å². The van der Waals surface area contributed by atoms with E-state index in [0.29, 0.717) is 17.9 Å². The molecule has 0 saturated carbocycles. The predicted octanol–water partition coefficient (Wildman–Crippen LogP) is 2.31. The first-order valence-corrected chi connectivity index (χ1v) is 6.76. The van der Waals surface area contributed by atoms with Crippen molar-refractivity contribution < 1.29 is 4.79 Å². The maximum Gasteiger partial charge on any atom is 0.272 e. The number of amides is 1. The zero-order chi connectivity index (χ0) is 14.8. The average Bonchev–Trinajstić information content (AvgIpc) is 2.96. The Morgan fingerprint density at radius 1 is 1.24 bits per heavy atom. The molecule has 1 amide bonds. The third-order valence-electron chi connectivity index (χ3n) is 3.37. The second-order valence-electron chi connectivity index (χ2n) is 5.03. The van der Waals surface area contributed by atoms with Crippen molar-refractivity contribution in [2.75, 3.05) is 7.05 Å². The summed E-state index contributed by atoms with van der Waals surface area (Å²) in [4.78, 5) is 18.5. The standard InChI is InChI=1S/C16H16N4O/c1-12-10-14(18-15-8-9-17-20(12)15)16(21)19(2)11-13-6-4-3-5-7-13/h3-10H,11H2,1-2H3. The molecule has 1 aromatic carbocycles. The second kappa shape index (κ2) is 5.36. The summed E-state index contributed by atoms with van der Waals surface area (Å²) in [6, 6.07) is 13.5. The van der Waals surface area contributed by atoms with Crippen molar-refractivity contribution >= 4 is 11.6 Å². The Morgan fingerprint density at radius 3 is 2.76 bits per heavy atom. The van der Waals surface area contributed by atoms with Crippen molar-refractivity contribution in [2.24, 2.45) is 0 Å². The minimum atomic E-state index is -0.0920. The van der Waals surface area contributed by atoms with Crippen molar-refractivity contribution in [3.05, 3.63) is 65.6 Å². The molecular weight excluding hydrogens is 264 g/mol. The van der Waals surface area contributed by atoms with Crippen LogP contribution < -0.4 is 0 Å². The lowest BCUT2D eigenvalue weighted by Gasteiger charge is -2.17. The summed E-state index contributed by atoms with van der Waals surface area (Å²) in [6.07, 6.45) is 1.68. The summed E-state index contributed by atoms with van der Waals surface area (Å²) in [7, 11) is 1.78. The maximum atomic E-state index is 12.5. The first kappa shape index (κ1) is 13.3. The molecule has 0 radical (unpaired) electrons. The number of aryl methyl sites for hydroxylation is 1. The summed E-state index contributed by atoms with van der Waals surface area (Å²) in [6.45, 7) is 2.47. The molecule has 106 valence electrons. The van der Waals surface area contributed by atoms with Gasteiger partial charge < -0.3 is 4.90 Å². The van der Waals surface area contributed by atoms with E-state index in [-0.39, 0.29) is 5.91 Å². The number of rotatable bonds is 3. The summed E-state index contributed by atoms with van der Waals surface area (Å²) >= 11 is 0. The molecule has 0 bridgehead atoms. The Bertz CT molecular complexity index is 779. The lowest BCUT2D eigenvalue weighted by Crippen LogP contribution is -2.27. The van der Waals surface area contributed by atoms with Crippen molar-refractivity contribution in [1.82, 2.24) is 19.5 Å². The summed E-state index contributed by atoms with van der Waals surface area (Å²) in [5.41, 5.74) is 3.11. The van der Waals surface area contributed by atoms with Crippen LogP contribution >= 0.6 is 0 Å². The van der Waals surface area contributed by atoms with Crippen LogP contribution in [0.3, 0.4) is 0 Å². The number of aromatic nitrogens is 3. The van der Waals surface area contributed by atoms with E-state index >= 15 is 0 Å². The van der Waals surface area contributed by atoms with E-state index in [4.69, 9.17) is 0 Å². The van der Waals surface area contributed by atoms with Gasteiger partial charge in [-0.05, 0) is 18.6 Å². The Morgan fingerprint density at radius 2 is 2.00 bits per heavy atom. The number of carbonyl (C=O) groups excluding carboxylic acids is 1. The van der Waals surface area contributed by atoms with Gasteiger partial charge in [0.2, 0.25) is 0 Å². The molecule has 0 aliphatic heterocycles. The largest absolute Gasteiger partial charge is 0.336 e. The topological polar surface area (TPSA) is 50.5 Å². The van der Waals surface area contributed by atoms with E-state index in [1.807, 2.05) is 37.3 Å². The first-order valence-electron chi connectivity index (χ1n) is 6.76. The molecule has 21 heavy (non-hydrogen) atoms. The highest BCUT2D eigenvalue weighted by atomic mass is 16.2. The van der Waals surface area contributed by atoms with Gasteiger partial charge in [0.25, 0.3) is 5.91 Å². The summed E-state index contributed by atoms with van der Waals surface area (Å²) in [5, 5.41) is 4.16. The van der Waals surface area contributed by atoms with Crippen LogP contribution in [0.15, 0.2) is 48.7 Å². The van der Waals surface area contributed by atoms with Crippen LogP contribution in [0.2, 0.25) is 0 Å². The van der Waals surface area contributed by atoms with Gasteiger partial charge in [0, 0.05) is 25.4 Å². The van der Waals surface area contributed by atoms with Crippen molar-refractivity contribution in [1.29, 1.82) is 0 Å². The van der Waals surface area contributed by atoms with Gasteiger partial charge in [-0.15, -0.1) is 0 Å². The molecule has 2 aromatic heterocycles. The van der Waals surface area contributed by atoms with E-state index in [9.17, 15) is 4.79 Å². The smallest absolute Gasteiger partial charge is 0.272 e. The molecule has 5 heteroatoms. The van der Waals surface area contributed by atoms with Gasteiger partial charge in [-0.25, -0.2) is 9.50 Å². The number of nitrogens with zero attached hydrogens (tertiary/aromatic N) is 4. The average molecular weight is 280 g/mol. The predicted molar refractivity (Wildman–Crippen MR) is 80.0 cm³/mol. The molecule has 3 aromatic rings. The van der Waals surface area contributed by atoms with Crippen molar-refractivity contribution in [2.45, 2.75) is 13.5 Å². The van der Waals surface area contributed by atoms with E-state index in [1.165, 1.54) is 0 Å².